The van der Waals surface area contributed by atoms with Gasteiger partial charge in [0.05, 0.1) is 0 Å². The van der Waals surface area contributed by atoms with Gasteiger partial charge < -0.3 is 10.2 Å². The Hall–Kier alpha value is -2.74. The van der Waals surface area contributed by atoms with Gasteiger partial charge in [-0.25, -0.2) is 0 Å². The number of benzene rings is 2. The quantitative estimate of drug-likeness (QED) is 0.513. The minimum atomic E-state index is -0.290. The lowest BCUT2D eigenvalue weighted by Crippen LogP contribution is -2.17. The highest BCUT2D eigenvalue weighted by molar-refractivity contribution is 5.72. The lowest BCUT2D eigenvalue weighted by molar-refractivity contribution is 0.436. The van der Waals surface area contributed by atoms with Crippen LogP contribution in [0.4, 0.5) is 0 Å². The normalized spacial score (nSPS) is 15.8. The maximum atomic E-state index is 11.6. The van der Waals surface area contributed by atoms with Crippen LogP contribution in [0.15, 0.2) is 54.1 Å². The predicted molar refractivity (Wildman–Crippen MR) is 137 cm³/mol. The Labute approximate surface area is 194 Å². The Morgan fingerprint density at radius 2 is 1.47 bits per heavy atom. The van der Waals surface area contributed by atoms with Gasteiger partial charge in [0, 0.05) is 22.6 Å². The summed E-state index contributed by atoms with van der Waals surface area (Å²) in [4.78, 5) is 0. The van der Waals surface area contributed by atoms with Crippen molar-refractivity contribution >= 4 is 5.57 Å². The maximum Gasteiger partial charge on any atom is 0.127 e. The Morgan fingerprint density at radius 1 is 0.906 bits per heavy atom. The van der Waals surface area contributed by atoms with Gasteiger partial charge in [0.1, 0.15) is 11.5 Å². The highest BCUT2D eigenvalue weighted by atomic mass is 16.3. The van der Waals surface area contributed by atoms with E-state index in [1.54, 1.807) is 0 Å². The highest BCUT2D eigenvalue weighted by Crippen LogP contribution is 2.50. The van der Waals surface area contributed by atoms with E-state index in [9.17, 15) is 10.2 Å². The zero-order chi connectivity index (χ0) is 24.0. The predicted octanol–water partition coefficient (Wildman–Crippen LogP) is 8.23. The van der Waals surface area contributed by atoms with E-state index in [0.29, 0.717) is 5.75 Å². The molecule has 1 atom stereocenters. The van der Waals surface area contributed by atoms with Crippen molar-refractivity contribution in [2.75, 3.05) is 0 Å². The van der Waals surface area contributed by atoms with E-state index >= 15 is 0 Å². The Kier molecular flexibility index (Phi) is 6.47. The van der Waals surface area contributed by atoms with Gasteiger partial charge >= 0.3 is 0 Å². The molecule has 1 unspecified atom stereocenters. The van der Waals surface area contributed by atoms with Crippen LogP contribution in [0, 0.1) is 13.8 Å². The molecule has 0 aliphatic heterocycles. The van der Waals surface area contributed by atoms with Crippen LogP contribution >= 0.6 is 0 Å². The molecule has 0 fully saturated rings. The third-order valence-corrected chi connectivity index (χ3v) is 6.62. The second-order valence-electron chi connectivity index (χ2n) is 10.6. The first-order chi connectivity index (χ1) is 14.8. The molecule has 170 valence electrons. The molecular weight excluding hydrogens is 392 g/mol. The van der Waals surface area contributed by atoms with Crippen molar-refractivity contribution in [3.05, 3.63) is 87.5 Å². The van der Waals surface area contributed by atoms with E-state index in [-0.39, 0.29) is 17.1 Å². The van der Waals surface area contributed by atoms with Gasteiger partial charge in [-0.1, -0.05) is 68.8 Å². The third kappa shape index (κ3) is 4.41. The maximum absolute atomic E-state index is 11.6. The van der Waals surface area contributed by atoms with Crippen LogP contribution in [0.5, 0.6) is 11.5 Å². The summed E-state index contributed by atoms with van der Waals surface area (Å²) in [6, 6.07) is 8.17. The Balaban J connectivity index is 2.45. The SMILES string of the molecule is C=C1CCCC(C)=C1C(c1cc(C)cc(C(=C)C)c1O)c1cc(C)cc(C(C)(C)C)c1O. The molecule has 0 aromatic heterocycles. The summed E-state index contributed by atoms with van der Waals surface area (Å²) in [5.41, 5.74) is 9.60. The number of hydrogen-bond donors (Lipinski definition) is 2. The van der Waals surface area contributed by atoms with Gasteiger partial charge in [0.2, 0.25) is 0 Å². The van der Waals surface area contributed by atoms with E-state index < -0.39 is 0 Å². The summed E-state index contributed by atoms with van der Waals surface area (Å²) in [6.07, 6.45) is 3.02. The van der Waals surface area contributed by atoms with Crippen LogP contribution in [0.25, 0.3) is 5.57 Å². The van der Waals surface area contributed by atoms with E-state index in [0.717, 1.165) is 69.4 Å². The lowest BCUT2D eigenvalue weighted by atomic mass is 9.72. The van der Waals surface area contributed by atoms with Crippen LogP contribution in [-0.2, 0) is 5.41 Å². The molecule has 2 nitrogen and oxygen atoms in total. The van der Waals surface area contributed by atoms with Gasteiger partial charge in [-0.3, -0.25) is 0 Å². The zero-order valence-corrected chi connectivity index (χ0v) is 20.8. The fourth-order valence-corrected chi connectivity index (χ4v) is 5.02. The second-order valence-corrected chi connectivity index (χ2v) is 10.6. The molecule has 2 aromatic carbocycles. The van der Waals surface area contributed by atoms with Crippen LogP contribution in [0.2, 0.25) is 0 Å². The van der Waals surface area contributed by atoms with Crippen LogP contribution in [-0.4, -0.2) is 10.2 Å². The molecule has 2 aromatic rings. The molecule has 3 rings (SSSR count). The number of rotatable bonds is 4. The number of allylic oxidation sites excluding steroid dienone is 4. The summed E-state index contributed by atoms with van der Waals surface area (Å²) < 4.78 is 0. The number of phenolic OH excluding ortho intramolecular Hbond substituents is 2. The zero-order valence-electron chi connectivity index (χ0n) is 20.8. The minimum Gasteiger partial charge on any atom is -0.507 e. The largest absolute Gasteiger partial charge is 0.507 e. The van der Waals surface area contributed by atoms with Crippen LogP contribution in [0.1, 0.15) is 93.2 Å². The molecule has 0 bridgehead atoms. The molecule has 0 saturated heterocycles. The van der Waals surface area contributed by atoms with Gasteiger partial charge in [0.15, 0.2) is 0 Å². The van der Waals surface area contributed by atoms with Gasteiger partial charge in [-0.05, 0) is 80.7 Å². The molecule has 0 radical (unpaired) electrons. The van der Waals surface area contributed by atoms with Gasteiger partial charge in [-0.15, -0.1) is 0 Å². The van der Waals surface area contributed by atoms with Crippen molar-refractivity contribution in [1.82, 2.24) is 0 Å². The number of hydrogen-bond acceptors (Lipinski definition) is 2. The van der Waals surface area contributed by atoms with E-state index in [1.807, 2.05) is 26.0 Å². The molecule has 0 amide bonds. The van der Waals surface area contributed by atoms with E-state index in [2.05, 4.69) is 59.9 Å². The Bertz CT molecular complexity index is 1120. The number of aryl methyl sites for hydroxylation is 2. The lowest BCUT2D eigenvalue weighted by Gasteiger charge is -2.32. The van der Waals surface area contributed by atoms with E-state index in [4.69, 9.17) is 0 Å². The van der Waals surface area contributed by atoms with Gasteiger partial charge in [-0.2, -0.15) is 0 Å². The van der Waals surface area contributed by atoms with Crippen LogP contribution in [0.3, 0.4) is 0 Å². The van der Waals surface area contributed by atoms with Crippen molar-refractivity contribution in [2.45, 2.75) is 79.1 Å². The molecule has 1 aliphatic carbocycles. The van der Waals surface area contributed by atoms with Crippen molar-refractivity contribution in [3.8, 4) is 11.5 Å². The molecule has 0 saturated carbocycles. The average Bonchev–Trinajstić information content (AvgIpc) is 2.67. The summed E-state index contributed by atoms with van der Waals surface area (Å²) >= 11 is 0. The molecule has 0 spiro atoms. The average molecular weight is 431 g/mol. The number of aromatic hydroxyl groups is 2. The Morgan fingerprint density at radius 3 is 2.00 bits per heavy atom. The second kappa shape index (κ2) is 8.65. The van der Waals surface area contributed by atoms with Crippen molar-refractivity contribution < 1.29 is 10.2 Å². The van der Waals surface area contributed by atoms with Crippen LogP contribution < -0.4 is 0 Å². The molecule has 1 aliphatic rings. The monoisotopic (exact) mass is 430 g/mol. The third-order valence-electron chi connectivity index (χ3n) is 6.62. The standard InChI is InChI=1S/C30H38O2/c1-17(2)22-13-18(3)14-23(28(22)31)27(26-20(5)11-10-12-21(26)6)24-15-19(4)16-25(29(24)32)30(7,8)9/h13-16,27,31-32H,1,5,10-12H2,2-4,6-9H3. The smallest absolute Gasteiger partial charge is 0.127 e. The molecule has 2 heteroatoms. The number of phenols is 2. The first kappa shape index (κ1) is 23.9. The fraction of sp³-hybridized carbons (Fsp3) is 0.400. The van der Waals surface area contributed by atoms with Gasteiger partial charge in [0.25, 0.3) is 0 Å². The van der Waals surface area contributed by atoms with E-state index in [1.165, 1.54) is 5.57 Å². The molecule has 2 N–H and O–H groups in total. The molecular formula is C30H38O2. The summed E-state index contributed by atoms with van der Waals surface area (Å²) in [6.45, 7) is 23.0. The molecule has 32 heavy (non-hydrogen) atoms. The molecule has 0 heterocycles. The van der Waals surface area contributed by atoms with Crippen molar-refractivity contribution in [3.63, 3.8) is 0 Å². The summed E-state index contributed by atoms with van der Waals surface area (Å²) in [5.74, 6) is 0.261. The minimum absolute atomic E-state index is 0.208. The van der Waals surface area contributed by atoms with Crippen molar-refractivity contribution in [1.29, 1.82) is 0 Å². The highest BCUT2D eigenvalue weighted by Gasteiger charge is 2.32. The first-order valence-corrected chi connectivity index (χ1v) is 11.5. The topological polar surface area (TPSA) is 40.5 Å². The summed E-state index contributed by atoms with van der Waals surface area (Å²) in [5, 5.41) is 23.0. The van der Waals surface area contributed by atoms with Crippen molar-refractivity contribution in [2.24, 2.45) is 0 Å². The fourth-order valence-electron chi connectivity index (χ4n) is 5.02. The summed E-state index contributed by atoms with van der Waals surface area (Å²) in [7, 11) is 0. The first-order valence-electron chi connectivity index (χ1n) is 11.5.